The van der Waals surface area contributed by atoms with Crippen LogP contribution in [0.1, 0.15) is 32.1 Å². The van der Waals surface area contributed by atoms with Crippen LogP contribution in [-0.4, -0.2) is 11.7 Å². The first kappa shape index (κ1) is 14.4. The van der Waals surface area contributed by atoms with E-state index in [9.17, 15) is 0 Å². The molecule has 0 amide bonds. The lowest BCUT2D eigenvalue weighted by molar-refractivity contribution is 0.669. The highest BCUT2D eigenvalue weighted by Crippen LogP contribution is 2.19. The third-order valence-corrected chi connectivity index (χ3v) is 3.68. The normalized spacial score (nSPS) is 14.7. The van der Waals surface area contributed by atoms with E-state index < -0.39 is 0 Å². The lowest BCUT2D eigenvalue weighted by Gasteiger charge is -2.14. The summed E-state index contributed by atoms with van der Waals surface area (Å²) < 4.78 is 0. The Hall–Kier alpha value is -1.06. The number of anilines is 1. The van der Waals surface area contributed by atoms with Crippen LogP contribution in [0.5, 0.6) is 0 Å². The fourth-order valence-corrected chi connectivity index (χ4v) is 2.62. The molecule has 0 atom stereocenters. The zero-order valence-electron chi connectivity index (χ0n) is 10.9. The van der Waals surface area contributed by atoms with Crippen LogP contribution in [0, 0.1) is 0 Å². The molecule has 0 radical (unpaired) electrons. The Morgan fingerprint density at radius 1 is 1.32 bits per heavy atom. The topological polar surface area (TPSA) is 24.1 Å². The molecular weight excluding hydrogens is 276 g/mol. The van der Waals surface area contributed by atoms with Crippen LogP contribution in [-0.2, 0) is 0 Å². The van der Waals surface area contributed by atoms with E-state index in [1.165, 1.54) is 25.7 Å². The van der Waals surface area contributed by atoms with Gasteiger partial charge < -0.3 is 10.6 Å². The highest BCUT2D eigenvalue weighted by Gasteiger charge is 2.04. The Bertz CT molecular complexity index is 471. The number of hydrogen-bond acceptors (Lipinski definition) is 1. The van der Waals surface area contributed by atoms with Crippen molar-refractivity contribution in [1.29, 1.82) is 0 Å². The second-order valence-corrected chi connectivity index (χ2v) is 5.59. The first-order valence-electron chi connectivity index (χ1n) is 6.72. The predicted octanol–water partition coefficient (Wildman–Crippen LogP) is 4.52. The number of halogens is 1. The molecule has 0 spiro atoms. The van der Waals surface area contributed by atoms with E-state index in [4.69, 9.17) is 23.8 Å². The van der Waals surface area contributed by atoms with E-state index in [-0.39, 0.29) is 0 Å². The third-order valence-electron chi connectivity index (χ3n) is 3.20. The van der Waals surface area contributed by atoms with Crippen LogP contribution in [0.2, 0.25) is 5.02 Å². The molecule has 102 valence electrons. The van der Waals surface area contributed by atoms with Gasteiger partial charge in [-0.05, 0) is 62.5 Å². The fraction of sp³-hybridized carbons (Fsp3) is 0.400. The third kappa shape index (κ3) is 5.21. The Morgan fingerprint density at radius 3 is 2.95 bits per heavy atom. The molecule has 0 saturated heterocycles. The summed E-state index contributed by atoms with van der Waals surface area (Å²) in [6, 6.07) is 7.56. The molecule has 2 rings (SSSR count). The maximum Gasteiger partial charge on any atom is 0.170 e. The molecule has 0 bridgehead atoms. The lowest BCUT2D eigenvalue weighted by Crippen LogP contribution is -2.29. The van der Waals surface area contributed by atoms with Gasteiger partial charge in [-0.25, -0.2) is 0 Å². The lowest BCUT2D eigenvalue weighted by atomic mass is 9.97. The Morgan fingerprint density at radius 2 is 2.21 bits per heavy atom. The van der Waals surface area contributed by atoms with Crippen LogP contribution < -0.4 is 10.6 Å². The quantitative estimate of drug-likeness (QED) is 0.631. The molecule has 1 aromatic rings. The average Bonchev–Trinajstić information content (AvgIpc) is 2.40. The molecule has 0 aromatic heterocycles. The van der Waals surface area contributed by atoms with E-state index in [0.29, 0.717) is 10.1 Å². The van der Waals surface area contributed by atoms with Crippen LogP contribution in [0.15, 0.2) is 35.9 Å². The number of benzene rings is 1. The molecule has 1 aliphatic rings. The molecule has 0 fully saturated rings. The maximum atomic E-state index is 5.92. The highest BCUT2D eigenvalue weighted by atomic mass is 35.5. The van der Waals surface area contributed by atoms with Gasteiger partial charge in [0.05, 0.1) is 0 Å². The number of allylic oxidation sites excluding steroid dienone is 1. The number of hydrogen-bond donors (Lipinski definition) is 2. The van der Waals surface area contributed by atoms with Crippen LogP contribution in [0.4, 0.5) is 5.69 Å². The minimum absolute atomic E-state index is 0.652. The molecule has 2 N–H and O–H groups in total. The first-order chi connectivity index (χ1) is 9.24. The molecule has 1 aliphatic carbocycles. The van der Waals surface area contributed by atoms with Crippen molar-refractivity contribution in [2.45, 2.75) is 32.1 Å². The minimum atomic E-state index is 0.652. The molecule has 0 heterocycles. The summed E-state index contributed by atoms with van der Waals surface area (Å²) in [7, 11) is 0. The number of thiocarbonyl (C=S) groups is 1. The van der Waals surface area contributed by atoms with Crippen molar-refractivity contribution < 1.29 is 0 Å². The van der Waals surface area contributed by atoms with E-state index in [2.05, 4.69) is 16.7 Å². The van der Waals surface area contributed by atoms with Gasteiger partial charge in [0.15, 0.2) is 5.11 Å². The van der Waals surface area contributed by atoms with Gasteiger partial charge in [-0.3, -0.25) is 0 Å². The molecule has 19 heavy (non-hydrogen) atoms. The highest BCUT2D eigenvalue weighted by molar-refractivity contribution is 7.80. The summed E-state index contributed by atoms with van der Waals surface area (Å²) in [6.45, 7) is 0.887. The van der Waals surface area contributed by atoms with Crippen molar-refractivity contribution in [3.8, 4) is 0 Å². The van der Waals surface area contributed by atoms with Gasteiger partial charge in [-0.15, -0.1) is 0 Å². The van der Waals surface area contributed by atoms with Crippen LogP contribution in [0.3, 0.4) is 0 Å². The second-order valence-electron chi connectivity index (χ2n) is 4.75. The Kier molecular flexibility index (Phi) is 5.67. The van der Waals surface area contributed by atoms with Crippen LogP contribution >= 0.6 is 23.8 Å². The standard InChI is InChI=1S/C15H19ClN2S/c16-13-7-4-8-14(11-13)18-15(19)17-10-9-12-5-2-1-3-6-12/h4-5,7-8,11H,1-3,6,9-10H2,(H2,17,18,19). The molecule has 1 aromatic carbocycles. The zero-order valence-corrected chi connectivity index (χ0v) is 12.5. The summed E-state index contributed by atoms with van der Waals surface area (Å²) >= 11 is 11.2. The van der Waals surface area contributed by atoms with Crippen molar-refractivity contribution >= 4 is 34.6 Å². The molecule has 2 nitrogen and oxygen atoms in total. The van der Waals surface area contributed by atoms with Crippen molar-refractivity contribution in [3.63, 3.8) is 0 Å². The molecule has 0 saturated carbocycles. The molecule has 0 aliphatic heterocycles. The van der Waals surface area contributed by atoms with Crippen molar-refractivity contribution in [2.75, 3.05) is 11.9 Å². The largest absolute Gasteiger partial charge is 0.362 e. The number of nitrogens with one attached hydrogen (secondary N) is 2. The zero-order chi connectivity index (χ0) is 13.5. The van der Waals surface area contributed by atoms with Crippen molar-refractivity contribution in [3.05, 3.63) is 40.9 Å². The van der Waals surface area contributed by atoms with Gasteiger partial charge >= 0.3 is 0 Å². The van der Waals surface area contributed by atoms with Crippen molar-refractivity contribution in [2.24, 2.45) is 0 Å². The molecular formula is C15H19ClN2S. The van der Waals surface area contributed by atoms with Gasteiger partial charge in [-0.2, -0.15) is 0 Å². The second kappa shape index (κ2) is 7.51. The summed E-state index contributed by atoms with van der Waals surface area (Å²) in [6.07, 6.45) is 8.61. The van der Waals surface area contributed by atoms with E-state index in [0.717, 1.165) is 18.7 Å². The SMILES string of the molecule is S=C(NCCC1=CCCCC1)Nc1cccc(Cl)c1. The minimum Gasteiger partial charge on any atom is -0.362 e. The smallest absolute Gasteiger partial charge is 0.170 e. The van der Waals surface area contributed by atoms with E-state index >= 15 is 0 Å². The van der Waals surface area contributed by atoms with E-state index in [1.807, 2.05) is 24.3 Å². The number of rotatable bonds is 4. The summed E-state index contributed by atoms with van der Waals surface area (Å²) in [5.74, 6) is 0. The molecule has 0 unspecified atom stereocenters. The molecule has 4 heteroatoms. The average molecular weight is 295 g/mol. The van der Waals surface area contributed by atoms with Gasteiger partial charge in [0, 0.05) is 17.3 Å². The predicted molar refractivity (Wildman–Crippen MR) is 86.8 cm³/mol. The van der Waals surface area contributed by atoms with Crippen molar-refractivity contribution in [1.82, 2.24) is 5.32 Å². The summed E-state index contributed by atoms with van der Waals surface area (Å²) in [5.41, 5.74) is 2.48. The summed E-state index contributed by atoms with van der Waals surface area (Å²) in [5, 5.41) is 7.73. The van der Waals surface area contributed by atoms with E-state index in [1.54, 1.807) is 5.57 Å². The fourth-order valence-electron chi connectivity index (χ4n) is 2.21. The Balaban J connectivity index is 1.71. The summed E-state index contributed by atoms with van der Waals surface area (Å²) in [4.78, 5) is 0. The van der Waals surface area contributed by atoms with Crippen LogP contribution in [0.25, 0.3) is 0 Å². The Labute approximate surface area is 125 Å². The van der Waals surface area contributed by atoms with Gasteiger partial charge in [0.1, 0.15) is 0 Å². The monoisotopic (exact) mass is 294 g/mol. The maximum absolute atomic E-state index is 5.92. The van der Waals surface area contributed by atoms with Gasteiger partial charge in [-0.1, -0.05) is 29.3 Å². The van der Waals surface area contributed by atoms with Gasteiger partial charge in [0.25, 0.3) is 0 Å². The first-order valence-corrected chi connectivity index (χ1v) is 7.51. The van der Waals surface area contributed by atoms with Gasteiger partial charge in [0.2, 0.25) is 0 Å².